The third kappa shape index (κ3) is 4.86. The second kappa shape index (κ2) is 8.20. The number of halogens is 1. The number of nitrogens with one attached hydrogen (secondary N) is 1. The highest BCUT2D eigenvalue weighted by Crippen LogP contribution is 2.25. The van der Waals surface area contributed by atoms with E-state index in [9.17, 15) is 4.79 Å². The van der Waals surface area contributed by atoms with E-state index in [2.05, 4.69) is 17.2 Å². The first-order valence-electron chi connectivity index (χ1n) is 7.39. The summed E-state index contributed by atoms with van der Waals surface area (Å²) >= 11 is 6.13. The minimum atomic E-state index is -0.156. The standard InChI is InChI=1S/C15H21ClN2O3/c1-2-3-4-6-17-14(19)11-8-13(16)15(18-9-11)21-12-5-7-20-10-12/h8-9,12H,2-7,10H2,1H3,(H,17,19). The molecule has 1 fully saturated rings. The summed E-state index contributed by atoms with van der Waals surface area (Å²) in [5.74, 6) is 0.200. The van der Waals surface area contributed by atoms with E-state index in [0.717, 1.165) is 25.7 Å². The normalized spacial score (nSPS) is 17.7. The van der Waals surface area contributed by atoms with Crippen molar-refractivity contribution >= 4 is 17.5 Å². The number of hydrogen-bond donors (Lipinski definition) is 1. The number of nitrogens with zero attached hydrogens (tertiary/aromatic N) is 1. The maximum absolute atomic E-state index is 11.9. The second-order valence-electron chi connectivity index (χ2n) is 5.08. The molecule has 1 aromatic rings. The van der Waals surface area contributed by atoms with Gasteiger partial charge in [0.25, 0.3) is 5.91 Å². The van der Waals surface area contributed by atoms with Gasteiger partial charge >= 0.3 is 0 Å². The topological polar surface area (TPSA) is 60.5 Å². The van der Waals surface area contributed by atoms with Crippen molar-refractivity contribution in [1.82, 2.24) is 10.3 Å². The summed E-state index contributed by atoms with van der Waals surface area (Å²) in [5, 5.41) is 3.21. The molecule has 0 aromatic carbocycles. The van der Waals surface area contributed by atoms with Crippen LogP contribution in [0.1, 0.15) is 43.0 Å². The van der Waals surface area contributed by atoms with E-state index in [1.54, 1.807) is 6.07 Å². The number of pyridine rings is 1. The molecule has 1 atom stereocenters. The van der Waals surface area contributed by atoms with Crippen LogP contribution in [0, 0.1) is 0 Å². The maximum Gasteiger partial charge on any atom is 0.252 e. The molecule has 2 rings (SSSR count). The minimum absolute atomic E-state index is 0.0104. The van der Waals surface area contributed by atoms with Gasteiger partial charge in [-0.05, 0) is 12.5 Å². The predicted molar refractivity (Wildman–Crippen MR) is 81.0 cm³/mol. The molecule has 116 valence electrons. The van der Waals surface area contributed by atoms with Gasteiger partial charge in [0.2, 0.25) is 5.88 Å². The summed E-state index contributed by atoms with van der Waals surface area (Å²) in [5.41, 5.74) is 0.450. The molecule has 1 aliphatic heterocycles. The van der Waals surface area contributed by atoms with Crippen molar-refractivity contribution in [1.29, 1.82) is 0 Å². The lowest BCUT2D eigenvalue weighted by atomic mass is 10.2. The molecule has 1 aromatic heterocycles. The summed E-state index contributed by atoms with van der Waals surface area (Å²) < 4.78 is 10.9. The van der Waals surface area contributed by atoms with Crippen LogP contribution in [0.4, 0.5) is 0 Å². The molecular formula is C15H21ClN2O3. The molecule has 0 saturated carbocycles. The van der Waals surface area contributed by atoms with Gasteiger partial charge in [-0.15, -0.1) is 0 Å². The molecule has 0 bridgehead atoms. The quantitative estimate of drug-likeness (QED) is 0.786. The molecule has 1 unspecified atom stereocenters. The van der Waals surface area contributed by atoms with Gasteiger partial charge in [-0.2, -0.15) is 0 Å². The first kappa shape index (κ1) is 16.0. The molecule has 21 heavy (non-hydrogen) atoms. The zero-order valence-electron chi connectivity index (χ0n) is 12.2. The lowest BCUT2D eigenvalue weighted by Crippen LogP contribution is -2.24. The van der Waals surface area contributed by atoms with Gasteiger partial charge in [0.05, 0.1) is 18.8 Å². The van der Waals surface area contributed by atoms with E-state index < -0.39 is 0 Å². The molecule has 0 aliphatic carbocycles. The van der Waals surface area contributed by atoms with E-state index in [1.165, 1.54) is 6.20 Å². The van der Waals surface area contributed by atoms with Crippen LogP contribution < -0.4 is 10.1 Å². The number of rotatable bonds is 7. The van der Waals surface area contributed by atoms with Crippen LogP contribution in [0.25, 0.3) is 0 Å². The average Bonchev–Trinajstić information content (AvgIpc) is 2.98. The fourth-order valence-electron chi connectivity index (χ4n) is 2.08. The molecule has 2 heterocycles. The van der Waals surface area contributed by atoms with Gasteiger partial charge in [0.15, 0.2) is 0 Å². The fraction of sp³-hybridized carbons (Fsp3) is 0.600. The summed E-state index contributed by atoms with van der Waals surface area (Å²) in [6, 6.07) is 1.59. The van der Waals surface area contributed by atoms with E-state index in [-0.39, 0.29) is 12.0 Å². The zero-order valence-corrected chi connectivity index (χ0v) is 13.0. The zero-order chi connectivity index (χ0) is 15.1. The van der Waals surface area contributed by atoms with Crippen LogP contribution >= 0.6 is 11.6 Å². The molecule has 1 amide bonds. The predicted octanol–water partition coefficient (Wildman–Crippen LogP) is 2.82. The first-order valence-corrected chi connectivity index (χ1v) is 7.76. The molecule has 1 aliphatic rings. The van der Waals surface area contributed by atoms with Crippen molar-refractivity contribution < 1.29 is 14.3 Å². The number of aromatic nitrogens is 1. The van der Waals surface area contributed by atoms with Crippen molar-refractivity contribution in [3.05, 3.63) is 22.8 Å². The number of amides is 1. The largest absolute Gasteiger partial charge is 0.471 e. The molecular weight excluding hydrogens is 292 g/mol. The first-order chi connectivity index (χ1) is 10.2. The highest BCUT2D eigenvalue weighted by atomic mass is 35.5. The third-order valence-corrected chi connectivity index (χ3v) is 3.57. The Bertz CT molecular complexity index is 476. The van der Waals surface area contributed by atoms with Crippen LogP contribution in [-0.2, 0) is 4.74 Å². The van der Waals surface area contributed by atoms with Crippen LogP contribution in [-0.4, -0.2) is 36.8 Å². The Morgan fingerprint density at radius 1 is 1.57 bits per heavy atom. The van der Waals surface area contributed by atoms with Gasteiger partial charge < -0.3 is 14.8 Å². The highest BCUT2D eigenvalue weighted by molar-refractivity contribution is 6.32. The van der Waals surface area contributed by atoms with Crippen molar-refractivity contribution in [2.75, 3.05) is 19.8 Å². The molecule has 0 spiro atoms. The Balaban J connectivity index is 1.89. The van der Waals surface area contributed by atoms with E-state index in [1.807, 2.05) is 0 Å². The van der Waals surface area contributed by atoms with Crippen LogP contribution in [0.15, 0.2) is 12.3 Å². The fourth-order valence-corrected chi connectivity index (χ4v) is 2.29. The monoisotopic (exact) mass is 312 g/mol. The Hall–Kier alpha value is -1.33. The summed E-state index contributed by atoms with van der Waals surface area (Å²) in [7, 11) is 0. The van der Waals surface area contributed by atoms with Gasteiger partial charge in [-0.3, -0.25) is 4.79 Å². The molecule has 1 saturated heterocycles. The summed E-state index contributed by atoms with van der Waals surface area (Å²) in [6.07, 6.45) is 5.52. The van der Waals surface area contributed by atoms with Gasteiger partial charge in [-0.1, -0.05) is 31.4 Å². The Labute approximate surface area is 130 Å². The van der Waals surface area contributed by atoms with Gasteiger partial charge in [0.1, 0.15) is 11.1 Å². The van der Waals surface area contributed by atoms with Crippen LogP contribution in [0.5, 0.6) is 5.88 Å². The van der Waals surface area contributed by atoms with Crippen LogP contribution in [0.3, 0.4) is 0 Å². The SMILES string of the molecule is CCCCCNC(=O)c1cnc(OC2CCOC2)c(Cl)c1. The molecule has 0 radical (unpaired) electrons. The van der Waals surface area contributed by atoms with Gasteiger partial charge in [0, 0.05) is 19.2 Å². The number of carbonyl (C=O) groups is 1. The van der Waals surface area contributed by atoms with E-state index >= 15 is 0 Å². The maximum atomic E-state index is 11.9. The third-order valence-electron chi connectivity index (χ3n) is 3.30. The summed E-state index contributed by atoms with van der Waals surface area (Å²) in [4.78, 5) is 16.1. The highest BCUT2D eigenvalue weighted by Gasteiger charge is 2.19. The number of hydrogen-bond acceptors (Lipinski definition) is 4. The molecule has 5 nitrogen and oxygen atoms in total. The Morgan fingerprint density at radius 2 is 2.43 bits per heavy atom. The lowest BCUT2D eigenvalue weighted by molar-refractivity contribution is 0.0952. The number of carbonyl (C=O) groups excluding carboxylic acids is 1. The van der Waals surface area contributed by atoms with E-state index in [4.69, 9.17) is 21.1 Å². The Morgan fingerprint density at radius 3 is 3.10 bits per heavy atom. The number of unbranched alkanes of at least 4 members (excludes halogenated alkanes) is 2. The Kier molecular flexibility index (Phi) is 6.26. The van der Waals surface area contributed by atoms with Crippen molar-refractivity contribution in [3.8, 4) is 5.88 Å². The minimum Gasteiger partial charge on any atom is -0.471 e. The average molecular weight is 313 g/mol. The lowest BCUT2D eigenvalue weighted by Gasteiger charge is -2.12. The van der Waals surface area contributed by atoms with Crippen molar-refractivity contribution in [2.45, 2.75) is 38.7 Å². The molecule has 6 heteroatoms. The van der Waals surface area contributed by atoms with Crippen molar-refractivity contribution in [3.63, 3.8) is 0 Å². The van der Waals surface area contributed by atoms with Crippen molar-refractivity contribution in [2.24, 2.45) is 0 Å². The number of ether oxygens (including phenoxy) is 2. The smallest absolute Gasteiger partial charge is 0.252 e. The summed E-state index contributed by atoms with van der Waals surface area (Å²) in [6.45, 7) is 4.04. The second-order valence-corrected chi connectivity index (χ2v) is 5.48. The van der Waals surface area contributed by atoms with Gasteiger partial charge in [-0.25, -0.2) is 4.98 Å². The van der Waals surface area contributed by atoms with Crippen LogP contribution in [0.2, 0.25) is 5.02 Å². The molecule has 1 N–H and O–H groups in total. The van der Waals surface area contributed by atoms with E-state index in [0.29, 0.717) is 36.2 Å².